The number of nitrogen functional groups attached to an aromatic ring is 1. The first-order valence-electron chi connectivity index (χ1n) is 4.91. The lowest BCUT2D eigenvalue weighted by molar-refractivity contribution is 1.32. The highest BCUT2D eigenvalue weighted by atomic mass is 32.1. The molecule has 0 atom stereocenters. The molecule has 0 bridgehead atoms. The smallest absolute Gasteiger partial charge is 0.180 e. The van der Waals surface area contributed by atoms with Gasteiger partial charge >= 0.3 is 0 Å². The van der Waals surface area contributed by atoms with E-state index in [2.05, 4.69) is 15.0 Å². The lowest BCUT2D eigenvalue weighted by Gasteiger charge is -1.95. The second-order valence-corrected chi connectivity index (χ2v) is 4.79. The number of hydrogen-bond acceptors (Lipinski definition) is 4. The number of nitrogens with one attached hydrogen (secondary N) is 1. The van der Waals surface area contributed by atoms with E-state index in [9.17, 15) is 0 Å². The van der Waals surface area contributed by atoms with Gasteiger partial charge in [-0.2, -0.15) is 0 Å². The summed E-state index contributed by atoms with van der Waals surface area (Å²) in [6, 6.07) is 3.95. The molecule has 0 saturated heterocycles. The van der Waals surface area contributed by atoms with Crippen molar-refractivity contribution in [3.63, 3.8) is 0 Å². The Morgan fingerprint density at radius 2 is 2.31 bits per heavy atom. The molecule has 5 heteroatoms. The molecule has 0 aliphatic heterocycles. The van der Waals surface area contributed by atoms with E-state index >= 15 is 0 Å². The van der Waals surface area contributed by atoms with E-state index < -0.39 is 0 Å². The first kappa shape index (κ1) is 9.35. The molecule has 3 rings (SSSR count). The van der Waals surface area contributed by atoms with Crippen LogP contribution in [0.1, 0.15) is 4.88 Å². The highest BCUT2D eigenvalue weighted by molar-refractivity contribution is 7.15. The van der Waals surface area contributed by atoms with Crippen LogP contribution in [0.25, 0.3) is 22.3 Å². The summed E-state index contributed by atoms with van der Waals surface area (Å²) in [5.74, 6) is 0. The number of nitrogens with two attached hydrogens (primary N) is 1. The van der Waals surface area contributed by atoms with Crippen LogP contribution in [0, 0.1) is 6.92 Å². The average molecular weight is 230 g/mol. The zero-order valence-electron chi connectivity index (χ0n) is 8.69. The standard InChI is InChI=1S/C11H10N4S/c1-6-9(15-11(12)16-6)8-5-14-10-7(8)3-2-4-13-10/h2-5H,1H3,(H2,12,15)(H,13,14). The first-order chi connectivity index (χ1) is 7.75. The number of rotatable bonds is 1. The van der Waals surface area contributed by atoms with Crippen LogP contribution in [0.2, 0.25) is 0 Å². The predicted molar refractivity (Wildman–Crippen MR) is 66.4 cm³/mol. The van der Waals surface area contributed by atoms with E-state index in [1.807, 2.05) is 25.3 Å². The van der Waals surface area contributed by atoms with Crippen LogP contribution >= 0.6 is 11.3 Å². The summed E-state index contributed by atoms with van der Waals surface area (Å²) in [6.45, 7) is 2.03. The number of nitrogens with zero attached hydrogens (tertiary/aromatic N) is 2. The topological polar surface area (TPSA) is 67.6 Å². The molecule has 0 aliphatic rings. The lowest BCUT2D eigenvalue weighted by Crippen LogP contribution is -1.83. The summed E-state index contributed by atoms with van der Waals surface area (Å²) < 4.78 is 0. The third kappa shape index (κ3) is 1.29. The van der Waals surface area contributed by atoms with Gasteiger partial charge < -0.3 is 10.7 Å². The zero-order valence-corrected chi connectivity index (χ0v) is 9.51. The van der Waals surface area contributed by atoms with Crippen LogP contribution in [0.5, 0.6) is 0 Å². The van der Waals surface area contributed by atoms with Crippen molar-refractivity contribution in [1.82, 2.24) is 15.0 Å². The molecular formula is C11H10N4S. The molecule has 3 aromatic heterocycles. The lowest BCUT2D eigenvalue weighted by atomic mass is 10.1. The van der Waals surface area contributed by atoms with Crippen LogP contribution in [-0.2, 0) is 0 Å². The van der Waals surface area contributed by atoms with Gasteiger partial charge in [0.25, 0.3) is 0 Å². The molecule has 0 aromatic carbocycles. The molecular weight excluding hydrogens is 220 g/mol. The minimum Gasteiger partial charge on any atom is -0.375 e. The van der Waals surface area contributed by atoms with Gasteiger partial charge in [0.05, 0.1) is 5.69 Å². The number of fused-ring (bicyclic) bond motifs is 1. The number of pyridine rings is 1. The maximum atomic E-state index is 5.71. The van der Waals surface area contributed by atoms with Gasteiger partial charge in [-0.3, -0.25) is 0 Å². The SMILES string of the molecule is Cc1sc(N)nc1-c1c[nH]c2ncccc12. The van der Waals surface area contributed by atoms with Crippen LogP contribution in [0.4, 0.5) is 5.13 Å². The summed E-state index contributed by atoms with van der Waals surface area (Å²) in [7, 11) is 0. The number of aromatic amines is 1. The molecule has 3 aromatic rings. The predicted octanol–water partition coefficient (Wildman–Crippen LogP) is 2.58. The monoisotopic (exact) mass is 230 g/mol. The maximum absolute atomic E-state index is 5.71. The molecule has 4 nitrogen and oxygen atoms in total. The average Bonchev–Trinajstić information content (AvgIpc) is 2.81. The number of anilines is 1. The second kappa shape index (κ2) is 3.31. The second-order valence-electron chi connectivity index (χ2n) is 3.56. The Morgan fingerprint density at radius 1 is 1.44 bits per heavy atom. The molecule has 0 radical (unpaired) electrons. The summed E-state index contributed by atoms with van der Waals surface area (Å²) in [5.41, 5.74) is 8.60. The Bertz CT molecular complexity index is 653. The molecule has 0 spiro atoms. The summed E-state index contributed by atoms with van der Waals surface area (Å²) in [4.78, 5) is 12.9. The minimum atomic E-state index is 0.603. The molecule has 3 heterocycles. The van der Waals surface area contributed by atoms with Crippen LogP contribution < -0.4 is 5.73 Å². The van der Waals surface area contributed by atoms with Gasteiger partial charge in [0.2, 0.25) is 0 Å². The summed E-state index contributed by atoms with van der Waals surface area (Å²) >= 11 is 1.51. The Balaban J connectivity index is 2.30. The molecule has 0 fully saturated rings. The highest BCUT2D eigenvalue weighted by Crippen LogP contribution is 2.32. The fraction of sp³-hybridized carbons (Fsp3) is 0.0909. The molecule has 0 amide bonds. The highest BCUT2D eigenvalue weighted by Gasteiger charge is 2.12. The first-order valence-corrected chi connectivity index (χ1v) is 5.73. The van der Waals surface area contributed by atoms with E-state index in [4.69, 9.17) is 5.73 Å². The Labute approximate surface area is 96.2 Å². The van der Waals surface area contributed by atoms with Gasteiger partial charge in [-0.15, -0.1) is 11.3 Å². The van der Waals surface area contributed by atoms with Crippen molar-refractivity contribution in [3.05, 3.63) is 29.4 Å². The fourth-order valence-corrected chi connectivity index (χ4v) is 2.52. The normalized spacial score (nSPS) is 11.1. The number of hydrogen-bond donors (Lipinski definition) is 2. The maximum Gasteiger partial charge on any atom is 0.180 e. The van der Waals surface area contributed by atoms with Gasteiger partial charge in [0.1, 0.15) is 5.65 Å². The van der Waals surface area contributed by atoms with Crippen LogP contribution in [0.3, 0.4) is 0 Å². The van der Waals surface area contributed by atoms with Crippen molar-refractivity contribution in [3.8, 4) is 11.3 Å². The number of thiazole rings is 1. The summed E-state index contributed by atoms with van der Waals surface area (Å²) in [6.07, 6.45) is 3.70. The zero-order chi connectivity index (χ0) is 11.1. The van der Waals surface area contributed by atoms with Gasteiger partial charge in [0, 0.05) is 28.2 Å². The van der Waals surface area contributed by atoms with Gasteiger partial charge in [-0.05, 0) is 19.1 Å². The van der Waals surface area contributed by atoms with Crippen molar-refractivity contribution >= 4 is 27.5 Å². The van der Waals surface area contributed by atoms with E-state index in [0.717, 1.165) is 27.2 Å². The molecule has 80 valence electrons. The molecule has 0 saturated carbocycles. The number of aryl methyl sites for hydroxylation is 1. The van der Waals surface area contributed by atoms with Crippen molar-refractivity contribution in [2.45, 2.75) is 6.92 Å². The van der Waals surface area contributed by atoms with Gasteiger partial charge in [-0.1, -0.05) is 0 Å². The quantitative estimate of drug-likeness (QED) is 0.675. The van der Waals surface area contributed by atoms with Crippen molar-refractivity contribution in [2.75, 3.05) is 5.73 Å². The summed E-state index contributed by atoms with van der Waals surface area (Å²) in [5, 5.41) is 1.68. The molecule has 0 unspecified atom stereocenters. The van der Waals surface area contributed by atoms with Crippen molar-refractivity contribution in [2.24, 2.45) is 0 Å². The molecule has 16 heavy (non-hydrogen) atoms. The number of H-pyrrole nitrogens is 1. The Hall–Kier alpha value is -1.88. The van der Waals surface area contributed by atoms with Crippen molar-refractivity contribution in [1.29, 1.82) is 0 Å². The Morgan fingerprint density at radius 3 is 3.06 bits per heavy atom. The van der Waals surface area contributed by atoms with E-state index in [1.165, 1.54) is 11.3 Å². The van der Waals surface area contributed by atoms with Gasteiger partial charge in [-0.25, -0.2) is 9.97 Å². The van der Waals surface area contributed by atoms with Crippen LogP contribution in [-0.4, -0.2) is 15.0 Å². The number of aromatic nitrogens is 3. The van der Waals surface area contributed by atoms with Crippen molar-refractivity contribution < 1.29 is 0 Å². The van der Waals surface area contributed by atoms with Gasteiger partial charge in [0.15, 0.2) is 5.13 Å². The minimum absolute atomic E-state index is 0.603. The molecule has 3 N–H and O–H groups in total. The largest absolute Gasteiger partial charge is 0.375 e. The van der Waals surface area contributed by atoms with Crippen LogP contribution in [0.15, 0.2) is 24.5 Å². The van der Waals surface area contributed by atoms with E-state index in [1.54, 1.807) is 6.20 Å². The third-order valence-corrected chi connectivity index (χ3v) is 3.32. The molecule has 0 aliphatic carbocycles. The van der Waals surface area contributed by atoms with E-state index in [0.29, 0.717) is 5.13 Å². The van der Waals surface area contributed by atoms with E-state index in [-0.39, 0.29) is 0 Å². The fourth-order valence-electron chi connectivity index (χ4n) is 1.82. The Kier molecular flexibility index (Phi) is 1.94. The third-order valence-electron chi connectivity index (χ3n) is 2.52.